The average molecular weight is 598 g/mol. The standard InChI is InChI=1S/C32H28FN5O4S/c1-20-9-11-34-27(13-20)31(40)32-17-22-18-35-38(25-5-3-24(33)4-6-25)29(22)16-23(32)10-12-37(19-32)43(41,42)26-7-8-28-21(14-26)15-30(39)36(28)2/h3-9,11,13-14,16,18H,10,12,15,17,19H2,1-2H3. The van der Waals surface area contributed by atoms with Crippen molar-refractivity contribution in [1.29, 1.82) is 0 Å². The molecule has 3 aliphatic rings. The van der Waals surface area contributed by atoms with Gasteiger partial charge >= 0.3 is 0 Å². The number of fused-ring (bicyclic) bond motifs is 3. The van der Waals surface area contributed by atoms with E-state index in [4.69, 9.17) is 0 Å². The fourth-order valence-corrected chi connectivity index (χ4v) is 8.02. The summed E-state index contributed by atoms with van der Waals surface area (Å²) in [5.41, 5.74) is 4.38. The van der Waals surface area contributed by atoms with Gasteiger partial charge in [0.1, 0.15) is 11.5 Å². The molecule has 11 heteroatoms. The minimum absolute atomic E-state index is 0.0628. The molecule has 4 heterocycles. The predicted octanol–water partition coefficient (Wildman–Crippen LogP) is 4.14. The number of hydrogen-bond acceptors (Lipinski definition) is 6. The van der Waals surface area contributed by atoms with Gasteiger partial charge in [-0.1, -0.05) is 5.57 Å². The molecule has 0 bridgehead atoms. The highest BCUT2D eigenvalue weighted by molar-refractivity contribution is 7.89. The van der Waals surface area contributed by atoms with Gasteiger partial charge in [-0.05, 0) is 97.1 Å². The van der Waals surface area contributed by atoms with Crippen LogP contribution in [0.1, 0.15) is 39.3 Å². The van der Waals surface area contributed by atoms with E-state index >= 15 is 0 Å². The highest BCUT2D eigenvalue weighted by Crippen LogP contribution is 2.47. The topological polar surface area (TPSA) is 105 Å². The molecular weight excluding hydrogens is 569 g/mol. The number of piperidine rings is 1. The number of anilines is 1. The SMILES string of the molecule is Cc1ccnc(C(=O)C23Cc4cnn(-c5ccc(F)cc5)c4C=C2CCN(S(=O)(=O)c2ccc4c(c2)CC(=O)N4C)C3)c1. The highest BCUT2D eigenvalue weighted by Gasteiger charge is 2.51. The maximum Gasteiger partial charge on any atom is 0.243 e. The molecule has 1 amide bonds. The first kappa shape index (κ1) is 27.4. The molecule has 1 saturated heterocycles. The molecule has 7 rings (SSSR count). The van der Waals surface area contributed by atoms with Crippen LogP contribution in [-0.4, -0.2) is 59.3 Å². The van der Waals surface area contributed by atoms with Crippen LogP contribution in [0.5, 0.6) is 0 Å². The molecule has 2 aromatic carbocycles. The van der Waals surface area contributed by atoms with Crippen LogP contribution >= 0.6 is 0 Å². The minimum Gasteiger partial charge on any atom is -0.315 e. The van der Waals surface area contributed by atoms with Crippen LogP contribution in [-0.2, 0) is 27.7 Å². The van der Waals surface area contributed by atoms with Crippen LogP contribution in [0.15, 0.2) is 77.5 Å². The molecule has 1 aliphatic carbocycles. The van der Waals surface area contributed by atoms with Crippen LogP contribution in [0.4, 0.5) is 10.1 Å². The summed E-state index contributed by atoms with van der Waals surface area (Å²) in [5.74, 6) is -0.690. The second-order valence-electron chi connectivity index (χ2n) is 11.4. The number of halogens is 1. The largest absolute Gasteiger partial charge is 0.315 e. The maximum atomic E-state index is 14.4. The van der Waals surface area contributed by atoms with Gasteiger partial charge in [0.25, 0.3) is 0 Å². The molecule has 218 valence electrons. The number of rotatable bonds is 5. The Labute approximate surface area is 248 Å². The van der Waals surface area contributed by atoms with Crippen molar-refractivity contribution in [3.8, 4) is 5.69 Å². The van der Waals surface area contributed by atoms with E-state index in [-0.39, 0.29) is 54.0 Å². The maximum absolute atomic E-state index is 14.4. The lowest BCUT2D eigenvalue weighted by atomic mass is 9.65. The number of aryl methyl sites for hydroxylation is 1. The average Bonchev–Trinajstić information content (AvgIpc) is 3.54. The zero-order chi connectivity index (χ0) is 30.1. The number of hydrogen-bond donors (Lipinski definition) is 0. The molecule has 43 heavy (non-hydrogen) atoms. The van der Waals surface area contributed by atoms with E-state index in [0.29, 0.717) is 23.4 Å². The third kappa shape index (κ3) is 4.33. The molecule has 0 saturated carbocycles. The molecule has 1 atom stereocenters. The second kappa shape index (κ2) is 9.78. The van der Waals surface area contributed by atoms with E-state index in [1.165, 1.54) is 27.4 Å². The fourth-order valence-electron chi connectivity index (χ4n) is 6.47. The molecule has 9 nitrogen and oxygen atoms in total. The van der Waals surface area contributed by atoms with Gasteiger partial charge < -0.3 is 4.90 Å². The first-order valence-electron chi connectivity index (χ1n) is 14.0. The Hall–Kier alpha value is -4.48. The highest BCUT2D eigenvalue weighted by atomic mass is 32.2. The first-order valence-corrected chi connectivity index (χ1v) is 15.4. The Balaban J connectivity index is 1.31. The Kier molecular flexibility index (Phi) is 6.22. The van der Waals surface area contributed by atoms with E-state index in [9.17, 15) is 22.4 Å². The van der Waals surface area contributed by atoms with Crippen LogP contribution in [0.2, 0.25) is 0 Å². The van der Waals surface area contributed by atoms with Crippen molar-refractivity contribution in [2.24, 2.45) is 5.41 Å². The van der Waals surface area contributed by atoms with Gasteiger partial charge in [0.15, 0.2) is 5.78 Å². The summed E-state index contributed by atoms with van der Waals surface area (Å²) in [6.45, 7) is 2.00. The van der Waals surface area contributed by atoms with Gasteiger partial charge in [-0.15, -0.1) is 0 Å². The Morgan fingerprint density at radius 3 is 2.60 bits per heavy atom. The molecule has 0 spiro atoms. The van der Waals surface area contributed by atoms with E-state index < -0.39 is 15.4 Å². The Morgan fingerprint density at radius 2 is 1.84 bits per heavy atom. The smallest absolute Gasteiger partial charge is 0.243 e. The number of Topliss-reactive ketones (excluding diaryl/α,β-unsaturated/α-hetero) is 1. The third-order valence-electron chi connectivity index (χ3n) is 8.80. The van der Waals surface area contributed by atoms with Gasteiger partial charge in [-0.25, -0.2) is 17.5 Å². The zero-order valence-electron chi connectivity index (χ0n) is 23.6. The second-order valence-corrected chi connectivity index (χ2v) is 13.4. The summed E-state index contributed by atoms with van der Waals surface area (Å²) in [6, 6.07) is 14.3. The quantitative estimate of drug-likeness (QED) is 0.321. The van der Waals surface area contributed by atoms with Crippen molar-refractivity contribution in [1.82, 2.24) is 19.1 Å². The summed E-state index contributed by atoms with van der Waals surface area (Å²) >= 11 is 0. The van der Waals surface area contributed by atoms with Crippen LogP contribution in [0.3, 0.4) is 0 Å². The van der Waals surface area contributed by atoms with Gasteiger partial charge in [-0.2, -0.15) is 9.40 Å². The Morgan fingerprint density at radius 1 is 1.05 bits per heavy atom. The molecular formula is C32H28FN5O4S. The lowest BCUT2D eigenvalue weighted by molar-refractivity contribution is -0.117. The monoisotopic (exact) mass is 597 g/mol. The van der Waals surface area contributed by atoms with Crippen LogP contribution < -0.4 is 4.90 Å². The number of aromatic nitrogens is 3. The number of benzene rings is 2. The number of ketones is 1. The lowest BCUT2D eigenvalue weighted by Crippen LogP contribution is -2.53. The summed E-state index contributed by atoms with van der Waals surface area (Å²) in [5, 5.41) is 4.55. The van der Waals surface area contributed by atoms with E-state index in [1.807, 2.05) is 19.1 Å². The van der Waals surface area contributed by atoms with Crippen molar-refractivity contribution in [3.05, 3.63) is 106 Å². The molecule has 4 aromatic rings. The number of amides is 1. The van der Waals surface area contributed by atoms with Gasteiger partial charge in [-0.3, -0.25) is 14.6 Å². The first-order chi connectivity index (χ1) is 20.6. The summed E-state index contributed by atoms with van der Waals surface area (Å²) in [6.07, 6.45) is 5.92. The van der Waals surface area contributed by atoms with E-state index in [0.717, 1.165) is 22.4 Å². The van der Waals surface area contributed by atoms with Gasteiger partial charge in [0, 0.05) is 32.0 Å². The number of pyridine rings is 1. The van der Waals surface area contributed by atoms with Crippen LogP contribution in [0.25, 0.3) is 11.8 Å². The van der Waals surface area contributed by atoms with Crippen molar-refractivity contribution in [2.75, 3.05) is 25.0 Å². The summed E-state index contributed by atoms with van der Waals surface area (Å²) in [7, 11) is -2.33. The number of likely N-dealkylation sites (N-methyl/N-ethyl adjacent to an activating group) is 1. The number of carbonyl (C=O) groups excluding carboxylic acids is 2. The molecule has 1 fully saturated rings. The minimum atomic E-state index is -4.00. The predicted molar refractivity (Wildman–Crippen MR) is 158 cm³/mol. The van der Waals surface area contributed by atoms with Crippen molar-refractivity contribution in [2.45, 2.75) is 31.1 Å². The molecule has 0 radical (unpaired) electrons. The number of nitrogens with zero attached hydrogens (tertiary/aromatic N) is 5. The molecule has 2 aliphatic heterocycles. The summed E-state index contributed by atoms with van der Waals surface area (Å²) in [4.78, 5) is 32.7. The number of sulfonamides is 1. The zero-order valence-corrected chi connectivity index (χ0v) is 24.4. The van der Waals surface area contributed by atoms with E-state index in [2.05, 4.69) is 10.1 Å². The Bertz CT molecular complexity index is 1970. The fraction of sp³-hybridized carbons (Fsp3) is 0.250. The molecule has 0 N–H and O–H groups in total. The third-order valence-corrected chi connectivity index (χ3v) is 10.6. The van der Waals surface area contributed by atoms with Gasteiger partial charge in [0.2, 0.25) is 15.9 Å². The van der Waals surface area contributed by atoms with Crippen molar-refractivity contribution in [3.63, 3.8) is 0 Å². The molecule has 1 unspecified atom stereocenters. The van der Waals surface area contributed by atoms with Crippen molar-refractivity contribution < 1.29 is 22.4 Å². The molecule has 2 aromatic heterocycles. The normalized spacial score (nSPS) is 19.9. The van der Waals surface area contributed by atoms with Crippen molar-refractivity contribution >= 4 is 33.5 Å². The summed E-state index contributed by atoms with van der Waals surface area (Å²) < 4.78 is 44.9. The number of carbonyl (C=O) groups is 2. The van der Waals surface area contributed by atoms with E-state index in [1.54, 1.807) is 54.5 Å². The van der Waals surface area contributed by atoms with Gasteiger partial charge in [0.05, 0.1) is 34.3 Å². The lowest BCUT2D eigenvalue weighted by Gasteiger charge is -2.44. The van der Waals surface area contributed by atoms with Crippen LogP contribution in [0, 0.1) is 18.2 Å².